The lowest BCUT2D eigenvalue weighted by atomic mass is 9.91. The summed E-state index contributed by atoms with van der Waals surface area (Å²) in [6.07, 6.45) is 3.24. The number of carbonyl (C=O) groups excluding carboxylic acids is 2. The van der Waals surface area contributed by atoms with Crippen LogP contribution in [0.1, 0.15) is 48.1 Å². The lowest BCUT2D eigenvalue weighted by Gasteiger charge is -2.26. The number of pyridine rings is 1. The maximum atomic E-state index is 13.6. The highest BCUT2D eigenvalue weighted by atomic mass is 16.5. The molecule has 1 saturated heterocycles. The summed E-state index contributed by atoms with van der Waals surface area (Å²) >= 11 is 0. The summed E-state index contributed by atoms with van der Waals surface area (Å²) in [5.74, 6) is -0.782. The Hall–Kier alpha value is -4.45. The summed E-state index contributed by atoms with van der Waals surface area (Å²) in [6.45, 7) is 5.92. The molecule has 0 saturated carbocycles. The number of aromatic nitrogens is 1. The molecule has 5 rings (SSSR count). The molecule has 37 heavy (non-hydrogen) atoms. The maximum Gasteiger partial charge on any atom is 0.300 e. The minimum Gasteiger partial charge on any atom is -0.507 e. The fourth-order valence-electron chi connectivity index (χ4n) is 5.09. The number of ketones is 1. The van der Waals surface area contributed by atoms with Gasteiger partial charge in [0.1, 0.15) is 11.5 Å². The molecule has 0 spiro atoms. The van der Waals surface area contributed by atoms with Gasteiger partial charge < -0.3 is 9.84 Å². The predicted octanol–water partition coefficient (Wildman–Crippen LogP) is 6.30. The first kappa shape index (κ1) is 24.3. The number of aryl methyl sites for hydroxylation is 1. The van der Waals surface area contributed by atoms with Gasteiger partial charge in [-0.1, -0.05) is 50.2 Å². The van der Waals surface area contributed by atoms with Gasteiger partial charge in [0.15, 0.2) is 0 Å². The lowest BCUT2D eigenvalue weighted by Crippen LogP contribution is -2.29. The highest BCUT2D eigenvalue weighted by molar-refractivity contribution is 6.52. The second-order valence-electron chi connectivity index (χ2n) is 9.51. The number of methoxy groups -OCH3 is 1. The van der Waals surface area contributed by atoms with E-state index in [1.807, 2.05) is 75.4 Å². The summed E-state index contributed by atoms with van der Waals surface area (Å²) in [5, 5.41) is 13.5. The van der Waals surface area contributed by atoms with E-state index in [-0.39, 0.29) is 17.3 Å². The van der Waals surface area contributed by atoms with Gasteiger partial charge in [0.2, 0.25) is 0 Å². The van der Waals surface area contributed by atoms with Gasteiger partial charge in [0.25, 0.3) is 11.7 Å². The van der Waals surface area contributed by atoms with Crippen LogP contribution in [0.5, 0.6) is 5.75 Å². The topological polar surface area (TPSA) is 79.7 Å². The monoisotopic (exact) mass is 492 g/mol. The quantitative estimate of drug-likeness (QED) is 0.201. The fraction of sp³-hybridized carbons (Fsp3) is 0.194. The van der Waals surface area contributed by atoms with Crippen LogP contribution >= 0.6 is 0 Å². The Bertz CT molecular complexity index is 1550. The average molecular weight is 493 g/mol. The third kappa shape index (κ3) is 4.04. The molecule has 1 aliphatic rings. The number of rotatable bonds is 5. The molecule has 1 N–H and O–H groups in total. The van der Waals surface area contributed by atoms with Crippen LogP contribution in [-0.2, 0) is 9.59 Å². The fourth-order valence-corrected chi connectivity index (χ4v) is 5.09. The van der Waals surface area contributed by atoms with Crippen molar-refractivity contribution < 1.29 is 19.4 Å². The van der Waals surface area contributed by atoms with E-state index in [0.29, 0.717) is 22.6 Å². The number of aliphatic hydroxyl groups is 1. The molecule has 0 radical (unpaired) electrons. The number of ether oxygens (including phenoxy) is 1. The maximum absolute atomic E-state index is 13.6. The molecule has 3 aromatic carbocycles. The summed E-state index contributed by atoms with van der Waals surface area (Å²) in [6, 6.07) is 19.8. The molecule has 1 atom stereocenters. The second-order valence-corrected chi connectivity index (χ2v) is 9.51. The first-order valence-corrected chi connectivity index (χ1v) is 12.2. The summed E-state index contributed by atoms with van der Waals surface area (Å²) < 4.78 is 5.56. The zero-order chi connectivity index (χ0) is 26.3. The number of Topliss-reactive ketones (excluding diaryl/α,β-unsaturated/α-hetero) is 1. The molecule has 1 aliphatic heterocycles. The molecule has 6 heteroatoms. The van der Waals surface area contributed by atoms with Crippen molar-refractivity contribution in [3.8, 4) is 5.75 Å². The number of benzene rings is 3. The molecule has 1 fully saturated rings. The van der Waals surface area contributed by atoms with E-state index in [4.69, 9.17) is 4.74 Å². The van der Waals surface area contributed by atoms with Crippen molar-refractivity contribution in [1.29, 1.82) is 0 Å². The van der Waals surface area contributed by atoms with Crippen LogP contribution in [0.25, 0.3) is 16.5 Å². The Morgan fingerprint density at radius 2 is 1.70 bits per heavy atom. The standard InChI is InChI=1S/C31H28N2O4/c1-18(2)23-17-24(19(3)16-26(23)37-4)29(34)27-28(21-12-14-32-15-13-21)33(31(36)30(27)35)25-11-7-9-20-8-5-6-10-22(20)25/h5-18,28,34H,1-4H3/b29-27+. The summed E-state index contributed by atoms with van der Waals surface area (Å²) in [4.78, 5) is 32.9. The van der Waals surface area contributed by atoms with Crippen molar-refractivity contribution in [1.82, 2.24) is 4.98 Å². The van der Waals surface area contributed by atoms with E-state index in [2.05, 4.69) is 4.98 Å². The molecule has 186 valence electrons. The predicted molar refractivity (Wildman–Crippen MR) is 145 cm³/mol. The molecule has 6 nitrogen and oxygen atoms in total. The van der Waals surface area contributed by atoms with Crippen molar-refractivity contribution in [3.05, 3.63) is 107 Å². The van der Waals surface area contributed by atoms with Crippen LogP contribution in [0, 0.1) is 6.92 Å². The molecule has 1 unspecified atom stereocenters. The van der Waals surface area contributed by atoms with Gasteiger partial charge in [-0.15, -0.1) is 0 Å². The van der Waals surface area contributed by atoms with Crippen molar-refractivity contribution in [2.75, 3.05) is 12.0 Å². The highest BCUT2D eigenvalue weighted by Gasteiger charge is 2.47. The van der Waals surface area contributed by atoms with Gasteiger partial charge in [-0.2, -0.15) is 0 Å². The third-order valence-electron chi connectivity index (χ3n) is 6.95. The normalized spacial score (nSPS) is 17.1. The van der Waals surface area contributed by atoms with E-state index in [0.717, 1.165) is 21.9 Å². The van der Waals surface area contributed by atoms with Crippen LogP contribution in [0.4, 0.5) is 5.69 Å². The number of anilines is 1. The number of hydrogen-bond acceptors (Lipinski definition) is 5. The van der Waals surface area contributed by atoms with Crippen molar-refractivity contribution >= 4 is 33.9 Å². The largest absolute Gasteiger partial charge is 0.507 e. The Morgan fingerprint density at radius 1 is 1.00 bits per heavy atom. The van der Waals surface area contributed by atoms with E-state index in [1.54, 1.807) is 31.6 Å². The Kier molecular flexibility index (Phi) is 6.25. The van der Waals surface area contributed by atoms with Gasteiger partial charge in [-0.05, 0) is 65.3 Å². The van der Waals surface area contributed by atoms with Crippen LogP contribution in [0.3, 0.4) is 0 Å². The number of amides is 1. The van der Waals surface area contributed by atoms with Crippen molar-refractivity contribution in [2.45, 2.75) is 32.7 Å². The van der Waals surface area contributed by atoms with Crippen molar-refractivity contribution in [2.24, 2.45) is 0 Å². The smallest absolute Gasteiger partial charge is 0.300 e. The first-order chi connectivity index (χ1) is 17.8. The molecule has 1 amide bonds. The number of aliphatic hydroxyl groups excluding tert-OH is 1. The SMILES string of the molecule is COc1cc(C)c(/C(O)=C2\C(=O)C(=O)N(c3cccc4ccccc34)C2c2ccncc2)cc1C(C)C. The summed E-state index contributed by atoms with van der Waals surface area (Å²) in [5.41, 5.74) is 3.47. The molecular formula is C31H28N2O4. The number of carbonyl (C=O) groups is 2. The lowest BCUT2D eigenvalue weighted by molar-refractivity contribution is -0.132. The second kappa shape index (κ2) is 9.54. The van der Waals surface area contributed by atoms with Crippen molar-refractivity contribution in [3.63, 3.8) is 0 Å². The zero-order valence-corrected chi connectivity index (χ0v) is 21.2. The third-order valence-corrected chi connectivity index (χ3v) is 6.95. The first-order valence-electron chi connectivity index (χ1n) is 12.2. The van der Waals surface area contributed by atoms with Crippen LogP contribution in [-0.4, -0.2) is 28.9 Å². The number of fused-ring (bicyclic) bond motifs is 1. The van der Waals surface area contributed by atoms with Crippen LogP contribution < -0.4 is 9.64 Å². The summed E-state index contributed by atoms with van der Waals surface area (Å²) in [7, 11) is 1.61. The molecule has 4 aromatic rings. The Morgan fingerprint density at radius 3 is 2.41 bits per heavy atom. The van der Waals surface area contributed by atoms with Gasteiger partial charge >= 0.3 is 0 Å². The van der Waals surface area contributed by atoms with E-state index < -0.39 is 17.7 Å². The van der Waals surface area contributed by atoms with Gasteiger partial charge in [-0.3, -0.25) is 19.5 Å². The molecule has 0 bridgehead atoms. The van der Waals surface area contributed by atoms with Gasteiger partial charge in [0, 0.05) is 23.3 Å². The highest BCUT2D eigenvalue weighted by Crippen LogP contribution is 2.45. The van der Waals surface area contributed by atoms with Crippen LogP contribution in [0.2, 0.25) is 0 Å². The van der Waals surface area contributed by atoms with Gasteiger partial charge in [0.05, 0.1) is 24.4 Å². The van der Waals surface area contributed by atoms with E-state index in [9.17, 15) is 14.7 Å². The number of nitrogens with zero attached hydrogens (tertiary/aromatic N) is 2. The van der Waals surface area contributed by atoms with Crippen LogP contribution in [0.15, 0.2) is 84.7 Å². The minimum absolute atomic E-state index is 0.0482. The molecule has 1 aromatic heterocycles. The zero-order valence-electron chi connectivity index (χ0n) is 21.2. The van der Waals surface area contributed by atoms with Gasteiger partial charge in [-0.25, -0.2) is 0 Å². The number of hydrogen-bond donors (Lipinski definition) is 1. The Balaban J connectivity index is 1.78. The molecule has 2 heterocycles. The van der Waals surface area contributed by atoms with E-state index >= 15 is 0 Å². The minimum atomic E-state index is -0.821. The average Bonchev–Trinajstić information content (AvgIpc) is 3.18. The van der Waals surface area contributed by atoms with E-state index in [1.165, 1.54) is 4.90 Å². The molecule has 0 aliphatic carbocycles. The molecular weight excluding hydrogens is 464 g/mol. The Labute approximate surface area is 215 Å².